The van der Waals surface area contributed by atoms with Crippen molar-refractivity contribution in [3.8, 4) is 0 Å². The van der Waals surface area contributed by atoms with E-state index in [1.165, 1.54) is 11.1 Å². The Balaban J connectivity index is 1.71. The number of aromatic nitrogens is 2. The topological polar surface area (TPSA) is 29.9 Å². The second-order valence-corrected chi connectivity index (χ2v) is 4.58. The van der Waals surface area contributed by atoms with Gasteiger partial charge in [0.15, 0.2) is 0 Å². The Bertz CT molecular complexity index is 471. The van der Waals surface area contributed by atoms with Crippen molar-refractivity contribution in [2.75, 3.05) is 6.54 Å². The normalized spacial score (nSPS) is 10.8. The first kappa shape index (κ1) is 12.8. The van der Waals surface area contributed by atoms with Gasteiger partial charge in [0.25, 0.3) is 0 Å². The van der Waals surface area contributed by atoms with Crippen LogP contribution in [0, 0.1) is 0 Å². The van der Waals surface area contributed by atoms with Crippen LogP contribution in [0.15, 0.2) is 36.5 Å². The SMILES string of the molecule is CCc1ccc(CNCCc2ccn(C)n2)cc1. The van der Waals surface area contributed by atoms with Crippen LogP contribution in [0.4, 0.5) is 0 Å². The standard InChI is InChI=1S/C15H21N3/c1-3-13-4-6-14(7-5-13)12-16-10-8-15-9-11-18(2)17-15/h4-7,9,11,16H,3,8,10,12H2,1-2H3. The van der Waals surface area contributed by atoms with Gasteiger partial charge in [0, 0.05) is 32.8 Å². The largest absolute Gasteiger partial charge is 0.312 e. The number of hydrogen-bond acceptors (Lipinski definition) is 2. The van der Waals surface area contributed by atoms with E-state index in [0.717, 1.165) is 31.6 Å². The molecule has 0 aliphatic rings. The first-order chi connectivity index (χ1) is 8.78. The molecule has 0 aliphatic heterocycles. The number of nitrogens with zero attached hydrogens (tertiary/aromatic N) is 2. The highest BCUT2D eigenvalue weighted by atomic mass is 15.2. The van der Waals surface area contributed by atoms with Gasteiger partial charge in [0.05, 0.1) is 5.69 Å². The maximum absolute atomic E-state index is 4.35. The molecule has 1 aromatic carbocycles. The van der Waals surface area contributed by atoms with E-state index in [1.54, 1.807) is 0 Å². The maximum atomic E-state index is 4.35. The highest BCUT2D eigenvalue weighted by Crippen LogP contribution is 2.04. The van der Waals surface area contributed by atoms with E-state index in [4.69, 9.17) is 0 Å². The predicted octanol–water partition coefficient (Wildman–Crippen LogP) is 2.31. The van der Waals surface area contributed by atoms with Crippen molar-refractivity contribution in [1.82, 2.24) is 15.1 Å². The maximum Gasteiger partial charge on any atom is 0.0637 e. The van der Waals surface area contributed by atoms with E-state index in [2.05, 4.69) is 47.7 Å². The molecule has 3 nitrogen and oxygen atoms in total. The quantitative estimate of drug-likeness (QED) is 0.789. The zero-order valence-electron chi connectivity index (χ0n) is 11.2. The lowest BCUT2D eigenvalue weighted by Crippen LogP contribution is -2.16. The smallest absolute Gasteiger partial charge is 0.0637 e. The highest BCUT2D eigenvalue weighted by Gasteiger charge is 1.97. The number of rotatable bonds is 6. The van der Waals surface area contributed by atoms with E-state index in [1.807, 2.05) is 17.9 Å². The Hall–Kier alpha value is -1.61. The van der Waals surface area contributed by atoms with Gasteiger partial charge in [-0.05, 0) is 23.6 Å². The summed E-state index contributed by atoms with van der Waals surface area (Å²) in [5.74, 6) is 0. The molecule has 0 fully saturated rings. The van der Waals surface area contributed by atoms with Crippen LogP contribution in [-0.4, -0.2) is 16.3 Å². The van der Waals surface area contributed by atoms with Crippen molar-refractivity contribution < 1.29 is 0 Å². The summed E-state index contributed by atoms with van der Waals surface area (Å²) in [4.78, 5) is 0. The summed E-state index contributed by atoms with van der Waals surface area (Å²) in [5.41, 5.74) is 3.88. The van der Waals surface area contributed by atoms with Gasteiger partial charge in [-0.15, -0.1) is 0 Å². The summed E-state index contributed by atoms with van der Waals surface area (Å²) in [6.07, 6.45) is 4.07. The molecular weight excluding hydrogens is 222 g/mol. The van der Waals surface area contributed by atoms with Crippen LogP contribution in [0.1, 0.15) is 23.7 Å². The predicted molar refractivity (Wildman–Crippen MR) is 74.4 cm³/mol. The Morgan fingerprint density at radius 2 is 1.83 bits per heavy atom. The Morgan fingerprint density at radius 3 is 2.44 bits per heavy atom. The number of nitrogens with one attached hydrogen (secondary N) is 1. The van der Waals surface area contributed by atoms with E-state index in [9.17, 15) is 0 Å². The molecule has 0 bridgehead atoms. The average molecular weight is 243 g/mol. The molecule has 0 atom stereocenters. The van der Waals surface area contributed by atoms with E-state index in [-0.39, 0.29) is 0 Å². The van der Waals surface area contributed by atoms with Crippen molar-refractivity contribution in [2.45, 2.75) is 26.3 Å². The summed E-state index contributed by atoms with van der Waals surface area (Å²) in [6, 6.07) is 10.9. The lowest BCUT2D eigenvalue weighted by molar-refractivity contribution is 0.665. The summed E-state index contributed by atoms with van der Waals surface area (Å²) < 4.78 is 1.85. The van der Waals surface area contributed by atoms with Crippen molar-refractivity contribution in [2.24, 2.45) is 7.05 Å². The van der Waals surface area contributed by atoms with E-state index < -0.39 is 0 Å². The first-order valence-electron chi connectivity index (χ1n) is 6.55. The van der Waals surface area contributed by atoms with E-state index in [0.29, 0.717) is 0 Å². The lowest BCUT2D eigenvalue weighted by Gasteiger charge is -2.04. The van der Waals surface area contributed by atoms with E-state index >= 15 is 0 Å². The van der Waals surface area contributed by atoms with Crippen LogP contribution < -0.4 is 5.32 Å². The van der Waals surface area contributed by atoms with Crippen LogP contribution in [0.2, 0.25) is 0 Å². The Labute approximate surface area is 109 Å². The van der Waals surface area contributed by atoms with Gasteiger partial charge in [0.2, 0.25) is 0 Å². The average Bonchev–Trinajstić information content (AvgIpc) is 2.81. The molecule has 0 spiro atoms. The molecule has 0 saturated carbocycles. The molecule has 0 radical (unpaired) electrons. The molecule has 1 N–H and O–H groups in total. The number of aryl methyl sites for hydroxylation is 2. The van der Waals surface area contributed by atoms with Crippen molar-refractivity contribution >= 4 is 0 Å². The minimum Gasteiger partial charge on any atom is -0.312 e. The zero-order chi connectivity index (χ0) is 12.8. The fourth-order valence-corrected chi connectivity index (χ4v) is 1.94. The van der Waals surface area contributed by atoms with Gasteiger partial charge in [-0.1, -0.05) is 31.2 Å². The van der Waals surface area contributed by atoms with Gasteiger partial charge in [0.1, 0.15) is 0 Å². The highest BCUT2D eigenvalue weighted by molar-refractivity contribution is 5.22. The van der Waals surface area contributed by atoms with Crippen LogP contribution in [0.5, 0.6) is 0 Å². The van der Waals surface area contributed by atoms with Gasteiger partial charge in [-0.2, -0.15) is 5.10 Å². The van der Waals surface area contributed by atoms with Crippen LogP contribution in [0.25, 0.3) is 0 Å². The summed E-state index contributed by atoms with van der Waals surface area (Å²) in [6.45, 7) is 4.07. The second-order valence-electron chi connectivity index (χ2n) is 4.58. The molecule has 3 heteroatoms. The minimum absolute atomic E-state index is 0.927. The summed E-state index contributed by atoms with van der Waals surface area (Å²) in [7, 11) is 1.95. The van der Waals surface area contributed by atoms with Crippen LogP contribution >= 0.6 is 0 Å². The van der Waals surface area contributed by atoms with Gasteiger partial charge < -0.3 is 5.32 Å². The third-order valence-electron chi connectivity index (χ3n) is 3.09. The minimum atomic E-state index is 0.927. The molecule has 2 aromatic rings. The molecule has 18 heavy (non-hydrogen) atoms. The van der Waals surface area contributed by atoms with Gasteiger partial charge in [-0.3, -0.25) is 4.68 Å². The fourth-order valence-electron chi connectivity index (χ4n) is 1.94. The molecular formula is C15H21N3. The Kier molecular flexibility index (Phi) is 4.53. The summed E-state index contributed by atoms with van der Waals surface area (Å²) >= 11 is 0. The third kappa shape index (κ3) is 3.70. The second kappa shape index (κ2) is 6.36. The molecule has 96 valence electrons. The number of benzene rings is 1. The monoisotopic (exact) mass is 243 g/mol. The molecule has 0 unspecified atom stereocenters. The van der Waals surface area contributed by atoms with Crippen LogP contribution in [0.3, 0.4) is 0 Å². The molecule has 1 heterocycles. The first-order valence-corrected chi connectivity index (χ1v) is 6.55. The molecule has 0 saturated heterocycles. The Morgan fingerprint density at radius 1 is 1.11 bits per heavy atom. The van der Waals surface area contributed by atoms with Gasteiger partial charge >= 0.3 is 0 Å². The zero-order valence-corrected chi connectivity index (χ0v) is 11.2. The third-order valence-corrected chi connectivity index (χ3v) is 3.09. The lowest BCUT2D eigenvalue weighted by atomic mass is 10.1. The van der Waals surface area contributed by atoms with Gasteiger partial charge in [-0.25, -0.2) is 0 Å². The summed E-state index contributed by atoms with van der Waals surface area (Å²) in [5, 5.41) is 7.80. The molecule has 2 rings (SSSR count). The molecule has 0 aliphatic carbocycles. The number of hydrogen-bond donors (Lipinski definition) is 1. The fraction of sp³-hybridized carbons (Fsp3) is 0.400. The van der Waals surface area contributed by atoms with Crippen molar-refractivity contribution in [3.63, 3.8) is 0 Å². The molecule has 1 aromatic heterocycles. The molecule has 0 amide bonds. The van der Waals surface area contributed by atoms with Crippen LogP contribution in [-0.2, 0) is 26.4 Å². The van der Waals surface area contributed by atoms with Crippen molar-refractivity contribution in [3.05, 3.63) is 53.3 Å². The van der Waals surface area contributed by atoms with Crippen molar-refractivity contribution in [1.29, 1.82) is 0 Å².